The summed E-state index contributed by atoms with van der Waals surface area (Å²) >= 11 is 0. The summed E-state index contributed by atoms with van der Waals surface area (Å²) in [6, 6.07) is 2.29. The Balaban J connectivity index is 1.92. The summed E-state index contributed by atoms with van der Waals surface area (Å²) in [6.07, 6.45) is 3.96. The Morgan fingerprint density at radius 1 is 1.00 bits per heavy atom. The van der Waals surface area contributed by atoms with Crippen molar-refractivity contribution in [3.8, 4) is 0 Å². The second kappa shape index (κ2) is 6.19. The fraction of sp³-hybridized carbons (Fsp3) is 0.562. The van der Waals surface area contributed by atoms with Crippen molar-refractivity contribution < 1.29 is 22.0 Å². The van der Waals surface area contributed by atoms with Crippen LogP contribution in [0.2, 0.25) is 0 Å². The van der Waals surface area contributed by atoms with Crippen molar-refractivity contribution >= 4 is 15.7 Å². The van der Waals surface area contributed by atoms with Gasteiger partial charge in [0.1, 0.15) is 11.6 Å². The summed E-state index contributed by atoms with van der Waals surface area (Å²) in [7, 11) is -3.14. The zero-order chi connectivity index (χ0) is 16.6. The molecular formula is C16H19F2NO3S. The van der Waals surface area contributed by atoms with Gasteiger partial charge in [-0.15, -0.1) is 0 Å². The molecule has 23 heavy (non-hydrogen) atoms. The van der Waals surface area contributed by atoms with Crippen LogP contribution in [0.3, 0.4) is 0 Å². The topological polar surface area (TPSA) is 54.5 Å². The minimum absolute atomic E-state index is 0.0490. The minimum Gasteiger partial charge on any atom is -0.332 e. The number of carbonyl (C=O) groups is 1. The van der Waals surface area contributed by atoms with Crippen LogP contribution in [0.25, 0.3) is 0 Å². The summed E-state index contributed by atoms with van der Waals surface area (Å²) in [6.45, 7) is 0. The van der Waals surface area contributed by atoms with Crippen LogP contribution >= 0.6 is 0 Å². The van der Waals surface area contributed by atoms with E-state index in [1.807, 2.05) is 0 Å². The fourth-order valence-corrected chi connectivity index (χ4v) is 5.34. The zero-order valence-electron chi connectivity index (χ0n) is 12.7. The second-order valence-electron chi connectivity index (χ2n) is 6.37. The zero-order valence-corrected chi connectivity index (χ0v) is 13.5. The largest absolute Gasteiger partial charge is 0.332 e. The molecule has 7 heteroatoms. The maximum atomic E-state index is 13.4. The molecule has 3 rings (SSSR count). The third-order valence-corrected chi connectivity index (χ3v) is 6.41. The molecular weight excluding hydrogens is 324 g/mol. The summed E-state index contributed by atoms with van der Waals surface area (Å²) in [4.78, 5) is 14.4. The predicted molar refractivity (Wildman–Crippen MR) is 81.8 cm³/mol. The quantitative estimate of drug-likeness (QED) is 0.847. The molecule has 1 aromatic carbocycles. The normalized spacial score (nSPS) is 24.0. The number of nitrogens with zero attached hydrogens (tertiary/aromatic N) is 1. The molecule has 2 fully saturated rings. The van der Waals surface area contributed by atoms with Crippen molar-refractivity contribution in [2.45, 2.75) is 44.2 Å². The number of hydrogen-bond donors (Lipinski definition) is 0. The van der Waals surface area contributed by atoms with Crippen LogP contribution in [0, 0.1) is 11.6 Å². The van der Waals surface area contributed by atoms with Crippen LogP contribution in [-0.4, -0.2) is 42.8 Å². The van der Waals surface area contributed by atoms with E-state index in [0.29, 0.717) is 6.42 Å². The molecule has 1 aromatic rings. The van der Waals surface area contributed by atoms with E-state index in [0.717, 1.165) is 43.9 Å². The molecule has 0 N–H and O–H groups in total. The number of carbonyl (C=O) groups excluding carboxylic acids is 1. The molecule has 1 aliphatic heterocycles. The molecule has 0 bridgehead atoms. The van der Waals surface area contributed by atoms with Gasteiger partial charge >= 0.3 is 0 Å². The Kier molecular flexibility index (Phi) is 4.40. The number of hydrogen-bond acceptors (Lipinski definition) is 3. The van der Waals surface area contributed by atoms with E-state index in [9.17, 15) is 22.0 Å². The Hall–Kier alpha value is -1.50. The van der Waals surface area contributed by atoms with Crippen LogP contribution < -0.4 is 0 Å². The van der Waals surface area contributed by atoms with Gasteiger partial charge < -0.3 is 4.90 Å². The maximum Gasteiger partial charge on any atom is 0.254 e. The summed E-state index contributed by atoms with van der Waals surface area (Å²) in [5.41, 5.74) is -0.0568. The van der Waals surface area contributed by atoms with Gasteiger partial charge in [0.2, 0.25) is 0 Å². The first-order valence-corrected chi connectivity index (χ1v) is 9.67. The SMILES string of the molecule is O=C(c1cc(F)cc(F)c1)N(C1CCCC1)[C@H]1CCS(=O)(=O)C1. The molecule has 1 aliphatic carbocycles. The molecule has 2 aliphatic rings. The molecule has 0 radical (unpaired) electrons. The number of halogens is 2. The first-order chi connectivity index (χ1) is 10.9. The lowest BCUT2D eigenvalue weighted by molar-refractivity contribution is 0.0600. The number of rotatable bonds is 3. The van der Waals surface area contributed by atoms with Crippen molar-refractivity contribution in [3.63, 3.8) is 0 Å². The minimum atomic E-state index is -3.14. The molecule has 1 amide bonds. The monoisotopic (exact) mass is 343 g/mol. The molecule has 0 spiro atoms. The smallest absolute Gasteiger partial charge is 0.254 e. The lowest BCUT2D eigenvalue weighted by Crippen LogP contribution is -2.47. The number of amides is 1. The molecule has 1 atom stereocenters. The molecule has 126 valence electrons. The summed E-state index contributed by atoms with van der Waals surface area (Å²) in [5, 5.41) is 0. The summed E-state index contributed by atoms with van der Waals surface area (Å²) in [5.74, 6) is -2.09. The van der Waals surface area contributed by atoms with Gasteiger partial charge in [-0.3, -0.25) is 4.79 Å². The predicted octanol–water partition coefficient (Wildman–Crippen LogP) is 2.54. The lowest BCUT2D eigenvalue weighted by atomic mass is 10.1. The fourth-order valence-electron chi connectivity index (χ4n) is 3.63. The Morgan fingerprint density at radius 2 is 1.61 bits per heavy atom. The molecule has 1 saturated heterocycles. The van der Waals surface area contributed by atoms with Gasteiger partial charge in [-0.05, 0) is 31.4 Å². The highest BCUT2D eigenvalue weighted by molar-refractivity contribution is 7.91. The van der Waals surface area contributed by atoms with E-state index in [1.165, 1.54) is 0 Å². The third kappa shape index (κ3) is 3.54. The van der Waals surface area contributed by atoms with Crippen molar-refractivity contribution in [2.24, 2.45) is 0 Å². The van der Waals surface area contributed by atoms with Gasteiger partial charge in [0.05, 0.1) is 11.5 Å². The van der Waals surface area contributed by atoms with Crippen LogP contribution in [-0.2, 0) is 9.84 Å². The Morgan fingerprint density at radius 3 is 2.13 bits per heavy atom. The van der Waals surface area contributed by atoms with E-state index in [2.05, 4.69) is 0 Å². The van der Waals surface area contributed by atoms with Crippen molar-refractivity contribution in [1.29, 1.82) is 0 Å². The maximum absolute atomic E-state index is 13.4. The van der Waals surface area contributed by atoms with Crippen LogP contribution in [0.5, 0.6) is 0 Å². The van der Waals surface area contributed by atoms with Crippen molar-refractivity contribution in [2.75, 3.05) is 11.5 Å². The van der Waals surface area contributed by atoms with E-state index in [4.69, 9.17) is 0 Å². The average Bonchev–Trinajstić information content (AvgIpc) is 3.08. The standard InChI is InChI=1S/C16H19F2NO3S/c17-12-7-11(8-13(18)9-12)16(20)19(14-3-1-2-4-14)15-5-6-23(21,22)10-15/h7-9,14-15H,1-6,10H2/t15-/m0/s1. The van der Waals surface area contributed by atoms with Gasteiger partial charge in [0.15, 0.2) is 9.84 Å². The lowest BCUT2D eigenvalue weighted by Gasteiger charge is -2.34. The van der Waals surface area contributed by atoms with Crippen LogP contribution in [0.15, 0.2) is 18.2 Å². The van der Waals surface area contributed by atoms with Gasteiger partial charge in [-0.1, -0.05) is 12.8 Å². The van der Waals surface area contributed by atoms with Crippen molar-refractivity contribution in [3.05, 3.63) is 35.4 Å². The highest BCUT2D eigenvalue weighted by atomic mass is 32.2. The molecule has 0 unspecified atom stereocenters. The average molecular weight is 343 g/mol. The Labute approximate surface area is 134 Å². The second-order valence-corrected chi connectivity index (χ2v) is 8.59. The van der Waals surface area contributed by atoms with E-state index in [1.54, 1.807) is 4.90 Å². The number of sulfone groups is 1. The molecule has 1 heterocycles. The van der Waals surface area contributed by atoms with E-state index >= 15 is 0 Å². The summed E-state index contributed by atoms with van der Waals surface area (Å²) < 4.78 is 50.4. The highest BCUT2D eigenvalue weighted by Crippen LogP contribution is 2.30. The first kappa shape index (κ1) is 16.4. The van der Waals surface area contributed by atoms with Gasteiger partial charge in [-0.2, -0.15) is 0 Å². The first-order valence-electron chi connectivity index (χ1n) is 7.85. The Bertz CT molecular complexity index is 694. The highest BCUT2D eigenvalue weighted by Gasteiger charge is 2.39. The van der Waals surface area contributed by atoms with Gasteiger partial charge in [0.25, 0.3) is 5.91 Å². The van der Waals surface area contributed by atoms with Crippen molar-refractivity contribution in [1.82, 2.24) is 4.90 Å². The molecule has 4 nitrogen and oxygen atoms in total. The van der Waals surface area contributed by atoms with Gasteiger partial charge in [0, 0.05) is 23.7 Å². The number of benzene rings is 1. The molecule has 0 aromatic heterocycles. The van der Waals surface area contributed by atoms with E-state index in [-0.39, 0.29) is 23.1 Å². The van der Waals surface area contributed by atoms with Crippen LogP contribution in [0.4, 0.5) is 8.78 Å². The van der Waals surface area contributed by atoms with Crippen LogP contribution in [0.1, 0.15) is 42.5 Å². The van der Waals surface area contributed by atoms with E-state index < -0.39 is 33.4 Å². The molecule has 1 saturated carbocycles. The van der Waals surface area contributed by atoms with Gasteiger partial charge in [-0.25, -0.2) is 17.2 Å². The third-order valence-electron chi connectivity index (χ3n) is 4.66.